The number of amides is 2. The third-order valence-electron chi connectivity index (χ3n) is 3.57. The van der Waals surface area contributed by atoms with Crippen LogP contribution in [0.1, 0.15) is 12.0 Å². The zero-order valence-electron chi connectivity index (χ0n) is 13.4. The van der Waals surface area contributed by atoms with Crippen molar-refractivity contribution in [3.8, 4) is 10.4 Å². The second kappa shape index (κ2) is 7.74. The van der Waals surface area contributed by atoms with Crippen LogP contribution in [0.5, 0.6) is 0 Å². The minimum atomic E-state index is -0.200. The first-order valence-corrected chi connectivity index (χ1v) is 8.64. The molecule has 2 amide bonds. The molecule has 0 unspecified atom stereocenters. The van der Waals surface area contributed by atoms with Crippen LogP contribution in [0, 0.1) is 6.92 Å². The maximum Gasteiger partial charge on any atom is 0.319 e. The van der Waals surface area contributed by atoms with E-state index in [0.29, 0.717) is 6.54 Å². The van der Waals surface area contributed by atoms with Crippen LogP contribution in [0.25, 0.3) is 10.4 Å². The Hall–Kier alpha value is -2.67. The molecule has 0 bridgehead atoms. The Kier molecular flexibility index (Phi) is 5.22. The van der Waals surface area contributed by atoms with Crippen LogP contribution in [0.4, 0.5) is 10.5 Å². The predicted octanol–water partition coefficient (Wildman–Crippen LogP) is 3.53. The van der Waals surface area contributed by atoms with Crippen molar-refractivity contribution in [2.75, 3.05) is 11.9 Å². The molecule has 2 aromatic heterocycles. The highest BCUT2D eigenvalue weighted by Gasteiger charge is 2.06. The molecule has 0 aliphatic carbocycles. The Morgan fingerprint density at radius 3 is 3.00 bits per heavy atom. The fourth-order valence-electron chi connectivity index (χ4n) is 2.38. The van der Waals surface area contributed by atoms with E-state index < -0.39 is 0 Å². The number of aryl methyl sites for hydroxylation is 2. The van der Waals surface area contributed by atoms with Gasteiger partial charge in [0.05, 0.1) is 6.20 Å². The smallest absolute Gasteiger partial charge is 0.319 e. The Morgan fingerprint density at radius 2 is 2.25 bits per heavy atom. The zero-order valence-corrected chi connectivity index (χ0v) is 14.2. The highest BCUT2D eigenvalue weighted by atomic mass is 32.1. The summed E-state index contributed by atoms with van der Waals surface area (Å²) >= 11 is 1.70. The largest absolute Gasteiger partial charge is 0.338 e. The molecule has 3 aromatic rings. The van der Waals surface area contributed by atoms with E-state index in [9.17, 15) is 4.79 Å². The lowest BCUT2D eigenvalue weighted by molar-refractivity contribution is 0.251. The summed E-state index contributed by atoms with van der Waals surface area (Å²) in [7, 11) is 0. The highest BCUT2D eigenvalue weighted by Crippen LogP contribution is 2.30. The zero-order chi connectivity index (χ0) is 16.8. The van der Waals surface area contributed by atoms with Gasteiger partial charge < -0.3 is 10.6 Å². The molecule has 0 atom stereocenters. The first kappa shape index (κ1) is 16.2. The van der Waals surface area contributed by atoms with Gasteiger partial charge in [-0.05, 0) is 48.1 Å². The van der Waals surface area contributed by atoms with Gasteiger partial charge in [-0.1, -0.05) is 17.3 Å². The molecule has 0 saturated carbocycles. The molecule has 0 spiro atoms. The third-order valence-corrected chi connectivity index (χ3v) is 4.63. The summed E-state index contributed by atoms with van der Waals surface area (Å²) in [6.45, 7) is 3.40. The highest BCUT2D eigenvalue weighted by molar-refractivity contribution is 7.13. The van der Waals surface area contributed by atoms with Crippen molar-refractivity contribution in [2.24, 2.45) is 0 Å². The minimum Gasteiger partial charge on any atom is -0.338 e. The first-order chi connectivity index (χ1) is 11.7. The number of carbonyl (C=O) groups is 1. The van der Waals surface area contributed by atoms with Crippen molar-refractivity contribution < 1.29 is 4.79 Å². The van der Waals surface area contributed by atoms with Gasteiger partial charge in [0, 0.05) is 29.9 Å². The monoisotopic (exact) mass is 341 g/mol. The van der Waals surface area contributed by atoms with E-state index >= 15 is 0 Å². The van der Waals surface area contributed by atoms with Crippen LogP contribution < -0.4 is 10.6 Å². The van der Waals surface area contributed by atoms with Crippen LogP contribution in [0.2, 0.25) is 0 Å². The van der Waals surface area contributed by atoms with Gasteiger partial charge in [0.15, 0.2) is 0 Å². The molecule has 2 heterocycles. The molecule has 0 fully saturated rings. The summed E-state index contributed by atoms with van der Waals surface area (Å²) in [6, 6.07) is 9.79. The van der Waals surface area contributed by atoms with E-state index in [4.69, 9.17) is 0 Å². The van der Waals surface area contributed by atoms with Gasteiger partial charge in [-0.3, -0.25) is 4.68 Å². The quantitative estimate of drug-likeness (QED) is 0.674. The van der Waals surface area contributed by atoms with Crippen molar-refractivity contribution in [1.29, 1.82) is 0 Å². The Balaban J connectivity index is 1.50. The van der Waals surface area contributed by atoms with E-state index in [2.05, 4.69) is 45.4 Å². The lowest BCUT2D eigenvalue weighted by Gasteiger charge is -2.09. The second-order valence-corrected chi connectivity index (χ2v) is 6.33. The number of urea groups is 1. The van der Waals surface area contributed by atoms with Crippen LogP contribution >= 0.6 is 11.3 Å². The van der Waals surface area contributed by atoms with Crippen LogP contribution in [-0.4, -0.2) is 27.6 Å². The lowest BCUT2D eigenvalue weighted by atomic mass is 10.1. The first-order valence-electron chi connectivity index (χ1n) is 7.76. The molecular weight excluding hydrogens is 322 g/mol. The molecule has 1 aromatic carbocycles. The van der Waals surface area contributed by atoms with Gasteiger partial charge in [0.2, 0.25) is 0 Å². The summed E-state index contributed by atoms with van der Waals surface area (Å²) < 4.78 is 1.74. The van der Waals surface area contributed by atoms with Gasteiger partial charge in [-0.15, -0.1) is 16.4 Å². The van der Waals surface area contributed by atoms with E-state index in [1.54, 1.807) is 28.4 Å². The number of benzene rings is 1. The minimum absolute atomic E-state index is 0.200. The molecule has 124 valence electrons. The molecule has 3 rings (SSSR count). The van der Waals surface area contributed by atoms with Crippen LogP contribution in [0.15, 0.2) is 48.1 Å². The second-order valence-electron chi connectivity index (χ2n) is 5.41. The van der Waals surface area contributed by atoms with Gasteiger partial charge >= 0.3 is 6.03 Å². The number of thiophene rings is 1. The fraction of sp³-hybridized carbons (Fsp3) is 0.235. The topological polar surface area (TPSA) is 71.8 Å². The van der Waals surface area contributed by atoms with E-state index in [1.807, 2.05) is 18.2 Å². The van der Waals surface area contributed by atoms with E-state index in [1.165, 1.54) is 10.4 Å². The molecule has 0 saturated heterocycles. The normalized spacial score (nSPS) is 10.5. The Bertz CT molecular complexity index is 797. The van der Waals surface area contributed by atoms with Crippen molar-refractivity contribution in [3.05, 3.63) is 53.7 Å². The summed E-state index contributed by atoms with van der Waals surface area (Å²) in [5, 5.41) is 15.4. The molecule has 2 N–H and O–H groups in total. The van der Waals surface area contributed by atoms with Crippen molar-refractivity contribution in [3.63, 3.8) is 0 Å². The maximum atomic E-state index is 12.0. The standard InChI is InChI=1S/C17H19N5OS/c1-13-6-11-24-16(13)14-4-2-5-15(12-14)20-17(23)18-7-3-9-22-10-8-19-21-22/h2,4-6,8,10-12H,3,7,9H2,1H3,(H2,18,20,23). The van der Waals surface area contributed by atoms with Gasteiger partial charge in [-0.2, -0.15) is 0 Å². The summed E-state index contributed by atoms with van der Waals surface area (Å²) in [5.74, 6) is 0. The number of hydrogen-bond acceptors (Lipinski definition) is 4. The van der Waals surface area contributed by atoms with Gasteiger partial charge in [-0.25, -0.2) is 4.79 Å². The fourth-order valence-corrected chi connectivity index (χ4v) is 3.30. The Labute approximate surface area is 144 Å². The molecular formula is C17H19N5OS. The number of rotatable bonds is 6. The summed E-state index contributed by atoms with van der Waals surface area (Å²) in [4.78, 5) is 13.2. The molecule has 7 heteroatoms. The molecule has 6 nitrogen and oxygen atoms in total. The van der Waals surface area contributed by atoms with Crippen molar-refractivity contribution >= 4 is 23.1 Å². The van der Waals surface area contributed by atoms with Crippen molar-refractivity contribution in [2.45, 2.75) is 19.9 Å². The number of nitrogens with one attached hydrogen (secondary N) is 2. The SMILES string of the molecule is Cc1ccsc1-c1cccc(NC(=O)NCCCn2ccnn2)c1. The van der Waals surface area contributed by atoms with Crippen LogP contribution in [0.3, 0.4) is 0 Å². The number of carbonyl (C=O) groups excluding carboxylic acids is 1. The predicted molar refractivity (Wildman–Crippen MR) is 96.2 cm³/mol. The summed E-state index contributed by atoms with van der Waals surface area (Å²) in [6.07, 6.45) is 4.24. The molecule has 0 aliphatic rings. The molecule has 24 heavy (non-hydrogen) atoms. The van der Waals surface area contributed by atoms with Gasteiger partial charge in [0.25, 0.3) is 0 Å². The van der Waals surface area contributed by atoms with Crippen LogP contribution in [-0.2, 0) is 6.54 Å². The van der Waals surface area contributed by atoms with Gasteiger partial charge in [0.1, 0.15) is 0 Å². The van der Waals surface area contributed by atoms with Crippen molar-refractivity contribution in [1.82, 2.24) is 20.3 Å². The number of hydrogen-bond donors (Lipinski definition) is 2. The molecule has 0 radical (unpaired) electrons. The number of aromatic nitrogens is 3. The lowest BCUT2D eigenvalue weighted by Crippen LogP contribution is -2.30. The molecule has 0 aliphatic heterocycles. The number of anilines is 1. The number of nitrogens with zero attached hydrogens (tertiary/aromatic N) is 3. The maximum absolute atomic E-state index is 12.0. The van der Waals surface area contributed by atoms with E-state index in [0.717, 1.165) is 24.2 Å². The average molecular weight is 341 g/mol. The summed E-state index contributed by atoms with van der Waals surface area (Å²) in [5.41, 5.74) is 3.15. The third kappa shape index (κ3) is 4.20. The van der Waals surface area contributed by atoms with E-state index in [-0.39, 0.29) is 6.03 Å². The Morgan fingerprint density at radius 1 is 1.33 bits per heavy atom. The average Bonchev–Trinajstić information content (AvgIpc) is 3.23.